The molecule has 0 spiro atoms. The Hall–Kier alpha value is -0.910. The zero-order valence-corrected chi connectivity index (χ0v) is 13.0. The molecule has 0 amide bonds. The number of hydrogen-bond acceptors (Lipinski definition) is 3. The lowest BCUT2D eigenvalue weighted by molar-refractivity contribution is 0.273. The van der Waals surface area contributed by atoms with Crippen molar-refractivity contribution >= 4 is 10.0 Å². The van der Waals surface area contributed by atoms with E-state index in [9.17, 15) is 8.42 Å². The molecule has 2 N–H and O–H groups in total. The Morgan fingerprint density at radius 2 is 2.20 bits per heavy atom. The monoisotopic (exact) mass is 296 g/mol. The van der Waals surface area contributed by atoms with Crippen LogP contribution in [0.4, 0.5) is 0 Å². The van der Waals surface area contributed by atoms with Crippen LogP contribution in [0, 0.1) is 12.8 Å². The number of sulfonamides is 1. The van der Waals surface area contributed by atoms with Crippen LogP contribution in [0.25, 0.3) is 0 Å². The first-order valence-electron chi connectivity index (χ1n) is 7.32. The molecule has 1 aliphatic heterocycles. The molecule has 0 bridgehead atoms. The van der Waals surface area contributed by atoms with Gasteiger partial charge in [-0.25, -0.2) is 13.1 Å². The topological polar surface area (TPSA) is 58.2 Å². The van der Waals surface area contributed by atoms with Gasteiger partial charge in [0.2, 0.25) is 10.0 Å². The van der Waals surface area contributed by atoms with Gasteiger partial charge in [-0.05, 0) is 49.9 Å². The minimum Gasteiger partial charge on any atom is -0.312 e. The molecule has 0 radical (unpaired) electrons. The molecule has 112 valence electrons. The maximum Gasteiger partial charge on any atom is 0.240 e. The molecule has 1 aromatic carbocycles. The predicted molar refractivity (Wildman–Crippen MR) is 81.2 cm³/mol. The Morgan fingerprint density at radius 1 is 1.40 bits per heavy atom. The fourth-order valence-corrected chi connectivity index (χ4v) is 3.98. The van der Waals surface area contributed by atoms with E-state index in [1.165, 1.54) is 12.8 Å². The smallest absolute Gasteiger partial charge is 0.240 e. The zero-order chi connectivity index (χ0) is 14.6. The van der Waals surface area contributed by atoms with Crippen molar-refractivity contribution in [3.05, 3.63) is 29.8 Å². The first-order valence-corrected chi connectivity index (χ1v) is 8.81. The van der Waals surface area contributed by atoms with Gasteiger partial charge in [-0.1, -0.05) is 25.5 Å². The van der Waals surface area contributed by atoms with E-state index in [4.69, 9.17) is 0 Å². The second kappa shape index (κ2) is 6.70. The molecule has 2 atom stereocenters. The van der Waals surface area contributed by atoms with Crippen molar-refractivity contribution in [1.82, 2.24) is 10.0 Å². The van der Waals surface area contributed by atoms with Crippen molar-refractivity contribution in [3.8, 4) is 0 Å². The maximum absolute atomic E-state index is 12.3. The Balaban J connectivity index is 2.02. The molecule has 2 rings (SSSR count). The van der Waals surface area contributed by atoms with Crippen molar-refractivity contribution in [2.75, 3.05) is 13.1 Å². The van der Waals surface area contributed by atoms with Crippen molar-refractivity contribution < 1.29 is 8.42 Å². The van der Waals surface area contributed by atoms with Gasteiger partial charge in [0.25, 0.3) is 0 Å². The van der Waals surface area contributed by atoms with Crippen LogP contribution in [0.15, 0.2) is 29.2 Å². The molecule has 0 aliphatic carbocycles. The average molecular weight is 296 g/mol. The normalized spacial score (nSPS) is 23.7. The summed E-state index contributed by atoms with van der Waals surface area (Å²) in [5.41, 5.74) is 0.954. The first-order chi connectivity index (χ1) is 9.53. The number of benzene rings is 1. The predicted octanol–water partition coefficient (Wildman–Crippen LogP) is 2.05. The van der Waals surface area contributed by atoms with Gasteiger partial charge in [-0.2, -0.15) is 0 Å². The molecule has 1 aliphatic rings. The van der Waals surface area contributed by atoms with E-state index >= 15 is 0 Å². The van der Waals surface area contributed by atoms with Crippen LogP contribution in [-0.4, -0.2) is 27.5 Å². The maximum atomic E-state index is 12.3. The largest absolute Gasteiger partial charge is 0.312 e. The van der Waals surface area contributed by atoms with E-state index in [0.29, 0.717) is 17.4 Å². The van der Waals surface area contributed by atoms with Crippen LogP contribution >= 0.6 is 0 Å². The van der Waals surface area contributed by atoms with Gasteiger partial charge in [0.05, 0.1) is 4.90 Å². The quantitative estimate of drug-likeness (QED) is 0.874. The van der Waals surface area contributed by atoms with Gasteiger partial charge >= 0.3 is 0 Å². The second-order valence-corrected chi connectivity index (χ2v) is 7.31. The summed E-state index contributed by atoms with van der Waals surface area (Å²) in [5.74, 6) is 0.559. The fourth-order valence-electron chi connectivity index (χ4n) is 2.81. The SMILES string of the molecule is CCC1CCCNC1CNS(=O)(=O)c1cccc(C)c1. The zero-order valence-electron chi connectivity index (χ0n) is 12.2. The molecule has 1 heterocycles. The molecule has 1 aromatic rings. The van der Waals surface area contributed by atoms with Gasteiger partial charge in [-0.15, -0.1) is 0 Å². The molecule has 5 heteroatoms. The Labute approximate surface area is 122 Å². The molecule has 20 heavy (non-hydrogen) atoms. The molecule has 2 unspecified atom stereocenters. The van der Waals surface area contributed by atoms with E-state index in [1.54, 1.807) is 18.2 Å². The molecule has 0 aromatic heterocycles. The second-order valence-electron chi connectivity index (χ2n) is 5.54. The number of hydrogen-bond donors (Lipinski definition) is 2. The van der Waals surface area contributed by atoms with Crippen LogP contribution < -0.4 is 10.0 Å². The number of nitrogens with one attached hydrogen (secondary N) is 2. The van der Waals surface area contributed by atoms with Gasteiger partial charge in [0, 0.05) is 12.6 Å². The van der Waals surface area contributed by atoms with Crippen molar-refractivity contribution in [3.63, 3.8) is 0 Å². The Kier molecular flexibility index (Phi) is 5.18. The van der Waals surface area contributed by atoms with Gasteiger partial charge in [-0.3, -0.25) is 0 Å². The van der Waals surface area contributed by atoms with Crippen molar-refractivity contribution in [1.29, 1.82) is 0 Å². The molecular weight excluding hydrogens is 272 g/mol. The third kappa shape index (κ3) is 3.81. The summed E-state index contributed by atoms with van der Waals surface area (Å²) in [5, 5.41) is 3.43. The van der Waals surface area contributed by atoms with E-state index in [2.05, 4.69) is 17.0 Å². The summed E-state index contributed by atoms with van der Waals surface area (Å²) >= 11 is 0. The number of rotatable bonds is 5. The summed E-state index contributed by atoms with van der Waals surface area (Å²) in [6, 6.07) is 7.26. The van der Waals surface area contributed by atoms with Crippen LogP contribution in [0.1, 0.15) is 31.7 Å². The summed E-state index contributed by atoms with van der Waals surface area (Å²) in [6.45, 7) is 5.51. The summed E-state index contributed by atoms with van der Waals surface area (Å²) < 4.78 is 27.3. The van der Waals surface area contributed by atoms with Gasteiger partial charge < -0.3 is 5.32 Å². The van der Waals surface area contributed by atoms with E-state index in [0.717, 1.165) is 18.5 Å². The van der Waals surface area contributed by atoms with E-state index in [-0.39, 0.29) is 6.04 Å². The van der Waals surface area contributed by atoms with E-state index in [1.807, 2.05) is 13.0 Å². The van der Waals surface area contributed by atoms with Crippen LogP contribution in [0.5, 0.6) is 0 Å². The highest BCUT2D eigenvalue weighted by molar-refractivity contribution is 7.89. The highest BCUT2D eigenvalue weighted by Crippen LogP contribution is 2.20. The average Bonchev–Trinajstić information content (AvgIpc) is 2.45. The summed E-state index contributed by atoms with van der Waals surface area (Å²) in [4.78, 5) is 0.348. The number of aryl methyl sites for hydroxylation is 1. The van der Waals surface area contributed by atoms with Crippen LogP contribution in [0.3, 0.4) is 0 Å². The van der Waals surface area contributed by atoms with Crippen LogP contribution in [0.2, 0.25) is 0 Å². The molecule has 1 fully saturated rings. The van der Waals surface area contributed by atoms with Gasteiger partial charge in [0.15, 0.2) is 0 Å². The molecule has 1 saturated heterocycles. The van der Waals surface area contributed by atoms with E-state index < -0.39 is 10.0 Å². The molecule has 0 saturated carbocycles. The lowest BCUT2D eigenvalue weighted by Crippen LogP contribution is -2.48. The lowest BCUT2D eigenvalue weighted by Gasteiger charge is -2.32. The van der Waals surface area contributed by atoms with Gasteiger partial charge in [0.1, 0.15) is 0 Å². The highest BCUT2D eigenvalue weighted by atomic mass is 32.2. The van der Waals surface area contributed by atoms with Crippen molar-refractivity contribution in [2.45, 2.75) is 44.0 Å². The Morgan fingerprint density at radius 3 is 2.90 bits per heavy atom. The number of piperidine rings is 1. The first kappa shape index (κ1) is 15.5. The fraction of sp³-hybridized carbons (Fsp3) is 0.600. The third-order valence-corrected chi connectivity index (χ3v) is 5.47. The third-order valence-electron chi connectivity index (χ3n) is 4.04. The minimum absolute atomic E-state index is 0.244. The standard InChI is InChI=1S/C15H24N2O2S/c1-3-13-7-5-9-16-15(13)11-17-20(18,19)14-8-4-6-12(2)10-14/h4,6,8,10,13,15-17H,3,5,7,9,11H2,1-2H3. The Bertz CT molecular complexity index is 543. The molecular formula is C15H24N2O2S. The van der Waals surface area contributed by atoms with Crippen LogP contribution in [-0.2, 0) is 10.0 Å². The lowest BCUT2D eigenvalue weighted by atomic mass is 9.89. The minimum atomic E-state index is -3.40. The summed E-state index contributed by atoms with van der Waals surface area (Å²) in [6.07, 6.45) is 3.45. The highest BCUT2D eigenvalue weighted by Gasteiger charge is 2.25. The molecule has 4 nitrogen and oxygen atoms in total. The summed E-state index contributed by atoms with van der Waals surface area (Å²) in [7, 11) is -3.40. The van der Waals surface area contributed by atoms with Crippen molar-refractivity contribution in [2.24, 2.45) is 5.92 Å².